The van der Waals surface area contributed by atoms with Crippen molar-refractivity contribution in [1.82, 2.24) is 14.3 Å². The molecule has 1 aromatic rings. The largest absolute Gasteiger partial charge is 0.475 e. The van der Waals surface area contributed by atoms with Crippen molar-refractivity contribution >= 4 is 16.0 Å². The summed E-state index contributed by atoms with van der Waals surface area (Å²) in [5, 5.41) is 2.90. The molecule has 0 spiro atoms. The van der Waals surface area contributed by atoms with Gasteiger partial charge >= 0.3 is 0 Å². The molecule has 0 fully saturated rings. The minimum Gasteiger partial charge on any atom is -0.475 e. The number of nitrogens with zero attached hydrogens (tertiary/aromatic N) is 3. The molecule has 1 heterocycles. The lowest BCUT2D eigenvalue weighted by molar-refractivity contribution is 0.232. The van der Waals surface area contributed by atoms with Crippen LogP contribution in [0, 0.1) is 6.92 Å². The van der Waals surface area contributed by atoms with Crippen molar-refractivity contribution in [3.05, 3.63) is 11.8 Å². The Kier molecular flexibility index (Phi) is 5.70. The molecule has 0 aliphatic heterocycles. The monoisotopic (exact) mass is 302 g/mol. The summed E-state index contributed by atoms with van der Waals surface area (Å²) in [4.78, 5) is 8.38. The van der Waals surface area contributed by atoms with Gasteiger partial charge in [0.2, 0.25) is 21.9 Å². The minimum absolute atomic E-state index is 0.0162. The second-order valence-corrected chi connectivity index (χ2v) is 7.17. The molecule has 0 saturated heterocycles. The van der Waals surface area contributed by atoms with Gasteiger partial charge in [0.1, 0.15) is 0 Å². The molecule has 1 aromatic heterocycles. The number of sulfonamides is 1. The Balaban J connectivity index is 2.67. The SMILES string of the molecule is Cc1cc(OC(C)C)nc(NCCS(=O)(=O)N(C)C)n1. The molecular weight excluding hydrogens is 280 g/mol. The van der Waals surface area contributed by atoms with Crippen molar-refractivity contribution < 1.29 is 13.2 Å². The maximum absolute atomic E-state index is 11.6. The molecule has 20 heavy (non-hydrogen) atoms. The zero-order valence-corrected chi connectivity index (χ0v) is 13.4. The number of hydrogen-bond donors (Lipinski definition) is 1. The standard InChI is InChI=1S/C12H22N4O3S/c1-9(2)19-11-8-10(3)14-12(15-11)13-6-7-20(17,18)16(4)5/h8-9H,6-7H2,1-5H3,(H,13,14,15). The number of aryl methyl sites for hydroxylation is 1. The lowest BCUT2D eigenvalue weighted by atomic mass is 10.4. The third kappa shape index (κ3) is 5.30. The first-order valence-electron chi connectivity index (χ1n) is 6.37. The third-order valence-electron chi connectivity index (χ3n) is 2.39. The zero-order chi connectivity index (χ0) is 15.3. The van der Waals surface area contributed by atoms with Crippen LogP contribution in [0.3, 0.4) is 0 Å². The molecule has 7 nitrogen and oxygen atoms in total. The topological polar surface area (TPSA) is 84.4 Å². The van der Waals surface area contributed by atoms with Gasteiger partial charge in [0.25, 0.3) is 0 Å². The van der Waals surface area contributed by atoms with Crippen molar-refractivity contribution in [2.75, 3.05) is 31.7 Å². The van der Waals surface area contributed by atoms with Gasteiger partial charge in [-0.2, -0.15) is 4.98 Å². The van der Waals surface area contributed by atoms with Crippen LogP contribution in [0.25, 0.3) is 0 Å². The first-order chi connectivity index (χ1) is 9.20. The highest BCUT2D eigenvalue weighted by Crippen LogP contribution is 2.13. The van der Waals surface area contributed by atoms with Gasteiger partial charge in [-0.25, -0.2) is 17.7 Å². The Hall–Kier alpha value is -1.41. The number of nitrogens with one attached hydrogen (secondary N) is 1. The van der Waals surface area contributed by atoms with Crippen LogP contribution in [-0.4, -0.2) is 55.2 Å². The molecule has 114 valence electrons. The van der Waals surface area contributed by atoms with E-state index in [1.54, 1.807) is 6.07 Å². The molecule has 8 heteroatoms. The summed E-state index contributed by atoms with van der Waals surface area (Å²) in [7, 11) is -0.210. The van der Waals surface area contributed by atoms with Crippen LogP contribution in [0.1, 0.15) is 19.5 Å². The van der Waals surface area contributed by atoms with Crippen molar-refractivity contribution in [3.63, 3.8) is 0 Å². The fourth-order valence-corrected chi connectivity index (χ4v) is 2.12. The fourth-order valence-electron chi connectivity index (χ4n) is 1.39. The Morgan fingerprint density at radius 2 is 2.00 bits per heavy atom. The van der Waals surface area contributed by atoms with Gasteiger partial charge in [0, 0.05) is 32.4 Å². The Morgan fingerprint density at radius 3 is 2.55 bits per heavy atom. The van der Waals surface area contributed by atoms with Gasteiger partial charge < -0.3 is 10.1 Å². The molecule has 0 unspecified atom stereocenters. The number of hydrogen-bond acceptors (Lipinski definition) is 6. The lowest BCUT2D eigenvalue weighted by Crippen LogP contribution is -2.28. The van der Waals surface area contributed by atoms with Gasteiger partial charge in [-0.1, -0.05) is 0 Å². The van der Waals surface area contributed by atoms with E-state index in [1.165, 1.54) is 18.4 Å². The second-order valence-electron chi connectivity index (χ2n) is 4.86. The summed E-state index contributed by atoms with van der Waals surface area (Å²) >= 11 is 0. The molecule has 0 bridgehead atoms. The molecule has 0 aliphatic carbocycles. The quantitative estimate of drug-likeness (QED) is 0.804. The summed E-state index contributed by atoms with van der Waals surface area (Å²) in [5.74, 6) is 0.831. The van der Waals surface area contributed by atoms with Crippen LogP contribution in [0.2, 0.25) is 0 Å². The number of anilines is 1. The van der Waals surface area contributed by atoms with Crippen LogP contribution in [0.5, 0.6) is 5.88 Å². The average Bonchev–Trinajstić information content (AvgIpc) is 2.26. The van der Waals surface area contributed by atoms with Crippen molar-refractivity contribution in [1.29, 1.82) is 0 Å². The van der Waals surface area contributed by atoms with Crippen molar-refractivity contribution in [2.45, 2.75) is 26.9 Å². The first-order valence-corrected chi connectivity index (χ1v) is 7.98. The van der Waals surface area contributed by atoms with Gasteiger partial charge in [0.15, 0.2) is 0 Å². The summed E-state index contributed by atoms with van der Waals surface area (Å²) < 4.78 is 29.9. The van der Waals surface area contributed by atoms with Gasteiger partial charge in [-0.3, -0.25) is 0 Å². The van der Waals surface area contributed by atoms with E-state index in [2.05, 4.69) is 15.3 Å². The summed E-state index contributed by atoms with van der Waals surface area (Å²) in [5.41, 5.74) is 0.758. The fraction of sp³-hybridized carbons (Fsp3) is 0.667. The molecule has 0 saturated carbocycles. The van der Waals surface area contributed by atoms with Crippen LogP contribution >= 0.6 is 0 Å². The second kappa shape index (κ2) is 6.85. The van der Waals surface area contributed by atoms with E-state index in [4.69, 9.17) is 4.74 Å². The van der Waals surface area contributed by atoms with Crippen molar-refractivity contribution in [2.24, 2.45) is 0 Å². The molecule has 0 amide bonds. The maximum Gasteiger partial charge on any atom is 0.226 e. The number of ether oxygens (including phenoxy) is 1. The molecule has 0 aromatic carbocycles. The molecular formula is C12H22N4O3S. The lowest BCUT2D eigenvalue weighted by Gasteiger charge is -2.13. The van der Waals surface area contributed by atoms with Crippen molar-refractivity contribution in [3.8, 4) is 5.88 Å². The number of rotatable bonds is 7. The van der Waals surface area contributed by atoms with E-state index in [0.717, 1.165) is 5.69 Å². The smallest absolute Gasteiger partial charge is 0.226 e. The minimum atomic E-state index is -3.22. The average molecular weight is 302 g/mol. The molecule has 1 rings (SSSR count). The van der Waals surface area contributed by atoms with Gasteiger partial charge in [-0.15, -0.1) is 0 Å². The van der Waals surface area contributed by atoms with E-state index < -0.39 is 10.0 Å². The highest BCUT2D eigenvalue weighted by atomic mass is 32.2. The Bertz CT molecular complexity index is 544. The van der Waals surface area contributed by atoms with Crippen LogP contribution < -0.4 is 10.1 Å². The highest BCUT2D eigenvalue weighted by Gasteiger charge is 2.13. The van der Waals surface area contributed by atoms with Gasteiger partial charge in [-0.05, 0) is 20.8 Å². The Morgan fingerprint density at radius 1 is 1.35 bits per heavy atom. The summed E-state index contributed by atoms with van der Waals surface area (Å²) in [6.45, 7) is 5.89. The zero-order valence-electron chi connectivity index (χ0n) is 12.5. The van der Waals surface area contributed by atoms with E-state index in [1.807, 2.05) is 20.8 Å². The van der Waals surface area contributed by atoms with Crippen LogP contribution in [0.4, 0.5) is 5.95 Å². The molecule has 0 radical (unpaired) electrons. The first kappa shape index (κ1) is 16.6. The molecule has 0 aliphatic rings. The van der Waals surface area contributed by atoms with Crippen LogP contribution in [0.15, 0.2) is 6.07 Å². The molecule has 0 atom stereocenters. The summed E-state index contributed by atoms with van der Waals surface area (Å²) in [6, 6.07) is 1.74. The maximum atomic E-state index is 11.6. The van der Waals surface area contributed by atoms with E-state index in [9.17, 15) is 8.42 Å². The predicted molar refractivity (Wildman–Crippen MR) is 78.5 cm³/mol. The van der Waals surface area contributed by atoms with E-state index >= 15 is 0 Å². The van der Waals surface area contributed by atoms with E-state index in [-0.39, 0.29) is 18.4 Å². The van der Waals surface area contributed by atoms with E-state index in [0.29, 0.717) is 11.8 Å². The molecule has 1 N–H and O–H groups in total. The highest BCUT2D eigenvalue weighted by molar-refractivity contribution is 7.89. The normalized spacial score (nSPS) is 11.9. The van der Waals surface area contributed by atoms with Crippen LogP contribution in [-0.2, 0) is 10.0 Å². The number of aromatic nitrogens is 2. The Labute approximate surface area is 120 Å². The third-order valence-corrected chi connectivity index (χ3v) is 4.22. The predicted octanol–water partition coefficient (Wildman–Crippen LogP) is 0.876. The summed E-state index contributed by atoms with van der Waals surface area (Å²) in [6.07, 6.45) is 0.0197. The van der Waals surface area contributed by atoms with Gasteiger partial charge in [0.05, 0.1) is 11.9 Å².